The third-order valence-corrected chi connectivity index (χ3v) is 4.90. The molecular formula is C18H30N2. The Morgan fingerprint density at radius 2 is 1.65 bits per heavy atom. The Kier molecular flexibility index (Phi) is 5.47. The molecule has 1 fully saturated rings. The van der Waals surface area contributed by atoms with Gasteiger partial charge in [0.2, 0.25) is 0 Å². The summed E-state index contributed by atoms with van der Waals surface area (Å²) in [6.07, 6.45) is 8.07. The van der Waals surface area contributed by atoms with Crippen LogP contribution >= 0.6 is 0 Å². The van der Waals surface area contributed by atoms with Crippen LogP contribution in [0, 0.1) is 12.3 Å². The molecule has 0 aliphatic heterocycles. The zero-order chi connectivity index (χ0) is 14.4. The van der Waals surface area contributed by atoms with E-state index in [2.05, 4.69) is 43.0 Å². The Labute approximate surface area is 124 Å². The molecule has 1 saturated carbocycles. The second-order valence-electron chi connectivity index (χ2n) is 6.47. The van der Waals surface area contributed by atoms with E-state index in [0.717, 1.165) is 19.6 Å². The first-order chi connectivity index (χ1) is 9.69. The molecule has 0 saturated heterocycles. The Balaban J connectivity index is 2.12. The van der Waals surface area contributed by atoms with Gasteiger partial charge in [0.1, 0.15) is 0 Å². The van der Waals surface area contributed by atoms with Crippen LogP contribution in [-0.4, -0.2) is 19.6 Å². The predicted octanol–water partition coefficient (Wildman–Crippen LogP) is 4.12. The lowest BCUT2D eigenvalue weighted by molar-refractivity contribution is 0.259. The van der Waals surface area contributed by atoms with Crippen molar-refractivity contribution in [1.82, 2.24) is 0 Å². The number of benzene rings is 1. The van der Waals surface area contributed by atoms with Crippen molar-refractivity contribution < 1.29 is 0 Å². The lowest BCUT2D eigenvalue weighted by Gasteiger charge is -2.38. The SMILES string of the molecule is CCN(CC1(CN)CCCCCC1)c1ccc(C)cc1. The highest BCUT2D eigenvalue weighted by atomic mass is 15.1. The summed E-state index contributed by atoms with van der Waals surface area (Å²) in [7, 11) is 0. The Morgan fingerprint density at radius 1 is 1.05 bits per heavy atom. The molecule has 0 atom stereocenters. The fraction of sp³-hybridized carbons (Fsp3) is 0.667. The van der Waals surface area contributed by atoms with Gasteiger partial charge >= 0.3 is 0 Å². The second-order valence-corrected chi connectivity index (χ2v) is 6.47. The summed E-state index contributed by atoms with van der Waals surface area (Å²) < 4.78 is 0. The highest BCUT2D eigenvalue weighted by Crippen LogP contribution is 2.36. The molecule has 20 heavy (non-hydrogen) atoms. The van der Waals surface area contributed by atoms with E-state index in [1.54, 1.807) is 0 Å². The summed E-state index contributed by atoms with van der Waals surface area (Å²) in [6, 6.07) is 8.92. The predicted molar refractivity (Wildman–Crippen MR) is 88.3 cm³/mol. The van der Waals surface area contributed by atoms with Crippen molar-refractivity contribution in [2.45, 2.75) is 52.4 Å². The van der Waals surface area contributed by atoms with E-state index in [9.17, 15) is 0 Å². The molecule has 1 aromatic rings. The minimum atomic E-state index is 0.331. The second kappa shape index (κ2) is 7.12. The average Bonchev–Trinajstić information content (AvgIpc) is 2.72. The maximum absolute atomic E-state index is 6.19. The topological polar surface area (TPSA) is 29.3 Å². The monoisotopic (exact) mass is 274 g/mol. The van der Waals surface area contributed by atoms with E-state index in [4.69, 9.17) is 5.73 Å². The minimum absolute atomic E-state index is 0.331. The molecule has 0 unspecified atom stereocenters. The first kappa shape index (κ1) is 15.4. The summed E-state index contributed by atoms with van der Waals surface area (Å²) in [4.78, 5) is 2.51. The molecule has 1 aromatic carbocycles. The number of nitrogens with zero attached hydrogens (tertiary/aromatic N) is 1. The van der Waals surface area contributed by atoms with Crippen LogP contribution in [0.15, 0.2) is 24.3 Å². The fourth-order valence-corrected chi connectivity index (χ4v) is 3.45. The van der Waals surface area contributed by atoms with Gasteiger partial charge in [-0.2, -0.15) is 0 Å². The van der Waals surface area contributed by atoms with Crippen molar-refractivity contribution in [3.63, 3.8) is 0 Å². The maximum Gasteiger partial charge on any atom is 0.0366 e. The molecule has 2 nitrogen and oxygen atoms in total. The smallest absolute Gasteiger partial charge is 0.0366 e. The quantitative estimate of drug-likeness (QED) is 0.818. The first-order valence-electron chi connectivity index (χ1n) is 8.21. The van der Waals surface area contributed by atoms with Gasteiger partial charge in [-0.05, 0) is 45.4 Å². The number of hydrogen-bond acceptors (Lipinski definition) is 2. The zero-order valence-electron chi connectivity index (χ0n) is 13.2. The van der Waals surface area contributed by atoms with Gasteiger partial charge in [0.25, 0.3) is 0 Å². The zero-order valence-corrected chi connectivity index (χ0v) is 13.2. The number of hydrogen-bond donors (Lipinski definition) is 1. The summed E-state index contributed by atoms with van der Waals surface area (Å²) in [5.41, 5.74) is 9.19. The third kappa shape index (κ3) is 3.76. The normalized spacial score (nSPS) is 18.6. The lowest BCUT2D eigenvalue weighted by Crippen LogP contribution is -2.42. The van der Waals surface area contributed by atoms with Crippen LogP contribution in [0.4, 0.5) is 5.69 Å². The van der Waals surface area contributed by atoms with Crippen molar-refractivity contribution in [3.05, 3.63) is 29.8 Å². The van der Waals surface area contributed by atoms with Gasteiger partial charge in [0, 0.05) is 24.2 Å². The molecule has 0 spiro atoms. The largest absolute Gasteiger partial charge is 0.371 e. The standard InChI is InChI=1S/C18H30N2/c1-3-20(17-10-8-16(2)9-11-17)15-18(14-19)12-6-4-5-7-13-18/h8-11H,3-7,12-15,19H2,1-2H3. The van der Waals surface area contributed by atoms with Crippen molar-refractivity contribution in [3.8, 4) is 0 Å². The van der Waals surface area contributed by atoms with Crippen molar-refractivity contribution >= 4 is 5.69 Å². The molecule has 0 radical (unpaired) electrons. The van der Waals surface area contributed by atoms with Gasteiger partial charge in [0.15, 0.2) is 0 Å². The molecule has 0 heterocycles. The van der Waals surface area contributed by atoms with Crippen LogP contribution in [0.3, 0.4) is 0 Å². The molecule has 112 valence electrons. The molecule has 2 N–H and O–H groups in total. The van der Waals surface area contributed by atoms with Crippen LogP contribution < -0.4 is 10.6 Å². The van der Waals surface area contributed by atoms with Crippen LogP contribution in [0.1, 0.15) is 51.0 Å². The summed E-state index contributed by atoms with van der Waals surface area (Å²) in [5, 5.41) is 0. The fourth-order valence-electron chi connectivity index (χ4n) is 3.45. The molecule has 2 heteroatoms. The van der Waals surface area contributed by atoms with E-state index in [0.29, 0.717) is 5.41 Å². The average molecular weight is 274 g/mol. The molecule has 2 rings (SSSR count). The van der Waals surface area contributed by atoms with Gasteiger partial charge in [-0.1, -0.05) is 43.4 Å². The molecule has 1 aliphatic rings. The highest BCUT2D eigenvalue weighted by Gasteiger charge is 2.31. The van der Waals surface area contributed by atoms with Crippen LogP contribution in [0.2, 0.25) is 0 Å². The van der Waals surface area contributed by atoms with E-state index in [-0.39, 0.29) is 0 Å². The van der Waals surface area contributed by atoms with E-state index in [1.807, 2.05) is 0 Å². The summed E-state index contributed by atoms with van der Waals surface area (Å²) in [6.45, 7) is 7.40. The van der Waals surface area contributed by atoms with Gasteiger partial charge in [-0.15, -0.1) is 0 Å². The third-order valence-electron chi connectivity index (χ3n) is 4.90. The highest BCUT2D eigenvalue weighted by molar-refractivity contribution is 5.47. The maximum atomic E-state index is 6.19. The number of aryl methyl sites for hydroxylation is 1. The van der Waals surface area contributed by atoms with Crippen molar-refractivity contribution in [1.29, 1.82) is 0 Å². The molecule has 1 aliphatic carbocycles. The number of anilines is 1. The van der Waals surface area contributed by atoms with E-state index >= 15 is 0 Å². The number of rotatable bonds is 5. The van der Waals surface area contributed by atoms with E-state index < -0.39 is 0 Å². The van der Waals surface area contributed by atoms with Crippen LogP contribution in [0.5, 0.6) is 0 Å². The Morgan fingerprint density at radius 3 is 2.15 bits per heavy atom. The molecule has 0 bridgehead atoms. The first-order valence-corrected chi connectivity index (χ1v) is 8.21. The lowest BCUT2D eigenvalue weighted by atomic mass is 9.79. The van der Waals surface area contributed by atoms with Gasteiger partial charge in [-0.3, -0.25) is 0 Å². The Hall–Kier alpha value is -1.02. The van der Waals surface area contributed by atoms with E-state index in [1.165, 1.54) is 49.8 Å². The minimum Gasteiger partial charge on any atom is -0.371 e. The summed E-state index contributed by atoms with van der Waals surface area (Å²) in [5.74, 6) is 0. The van der Waals surface area contributed by atoms with Gasteiger partial charge in [-0.25, -0.2) is 0 Å². The van der Waals surface area contributed by atoms with Gasteiger partial charge in [0.05, 0.1) is 0 Å². The van der Waals surface area contributed by atoms with Gasteiger partial charge < -0.3 is 10.6 Å². The van der Waals surface area contributed by atoms with Crippen LogP contribution in [-0.2, 0) is 0 Å². The van der Waals surface area contributed by atoms with Crippen molar-refractivity contribution in [2.75, 3.05) is 24.5 Å². The number of nitrogens with two attached hydrogens (primary N) is 1. The van der Waals surface area contributed by atoms with Crippen LogP contribution in [0.25, 0.3) is 0 Å². The molecular weight excluding hydrogens is 244 g/mol. The van der Waals surface area contributed by atoms with Crippen molar-refractivity contribution in [2.24, 2.45) is 11.1 Å². The molecule has 0 amide bonds. The summed E-state index contributed by atoms with van der Waals surface area (Å²) >= 11 is 0. The molecule has 0 aromatic heterocycles. The Bertz CT molecular complexity index is 388.